The Kier molecular flexibility index (Phi) is 6.12. The van der Waals surface area contributed by atoms with Crippen LogP contribution >= 0.6 is 22.6 Å². The molecule has 1 heterocycles. The number of aryl methyl sites for hydroxylation is 1. The molecule has 1 aliphatic rings. The van der Waals surface area contributed by atoms with Gasteiger partial charge in [-0.05, 0) is 48.9 Å². The summed E-state index contributed by atoms with van der Waals surface area (Å²) in [5.41, 5.74) is 1.94. The van der Waals surface area contributed by atoms with E-state index < -0.39 is 15.4 Å². The monoisotopic (exact) mass is 546 g/mol. The van der Waals surface area contributed by atoms with Crippen LogP contribution in [0, 0.1) is 6.92 Å². The average Bonchev–Trinajstić information content (AvgIpc) is 3.22. The summed E-state index contributed by atoms with van der Waals surface area (Å²) >= 11 is 2.28. The summed E-state index contributed by atoms with van der Waals surface area (Å²) < 4.78 is 39.9. The van der Waals surface area contributed by atoms with Gasteiger partial charge in [0.1, 0.15) is 17.1 Å². The van der Waals surface area contributed by atoms with Gasteiger partial charge < -0.3 is 9.47 Å². The van der Waals surface area contributed by atoms with Crippen molar-refractivity contribution in [3.05, 3.63) is 100 Å². The van der Waals surface area contributed by atoms with Crippen LogP contribution in [0.3, 0.4) is 0 Å². The molecule has 31 heavy (non-hydrogen) atoms. The van der Waals surface area contributed by atoms with E-state index >= 15 is 0 Å². The van der Waals surface area contributed by atoms with Gasteiger partial charge in [-0.1, -0.05) is 70.6 Å². The van der Waals surface area contributed by atoms with Gasteiger partial charge in [0.05, 0.1) is 16.9 Å². The molecule has 0 aliphatic carbocycles. The minimum absolute atomic E-state index is 0.275. The van der Waals surface area contributed by atoms with Crippen molar-refractivity contribution < 1.29 is 17.9 Å². The predicted octanol–water partition coefficient (Wildman–Crippen LogP) is 5.90. The molecule has 0 saturated heterocycles. The van der Waals surface area contributed by atoms with E-state index in [1.165, 1.54) is 0 Å². The van der Waals surface area contributed by atoms with Gasteiger partial charge in [-0.2, -0.15) is 0 Å². The fraction of sp³-hybridized carbons (Fsp3) is 0.200. The first kappa shape index (κ1) is 21.9. The van der Waals surface area contributed by atoms with E-state index in [-0.39, 0.29) is 11.3 Å². The molecule has 1 aliphatic heterocycles. The third-order valence-electron chi connectivity index (χ3n) is 5.52. The minimum atomic E-state index is -3.74. The second-order valence-corrected chi connectivity index (χ2v) is 10.3. The highest BCUT2D eigenvalue weighted by Crippen LogP contribution is 2.49. The molecule has 0 bridgehead atoms. The number of ether oxygens (including phenoxy) is 2. The molecule has 0 aromatic heterocycles. The number of hydrogen-bond donors (Lipinski definition) is 0. The first-order valence-electron chi connectivity index (χ1n) is 9.89. The predicted molar refractivity (Wildman–Crippen MR) is 131 cm³/mol. The molecule has 0 N–H and O–H groups in total. The minimum Gasteiger partial charge on any atom is -0.497 e. The molecule has 0 spiro atoms. The number of alkyl halides is 1. The van der Waals surface area contributed by atoms with Crippen LogP contribution in [-0.2, 0) is 20.2 Å². The summed E-state index contributed by atoms with van der Waals surface area (Å²) in [6.45, 7) is 1.94. The lowest BCUT2D eigenvalue weighted by molar-refractivity contribution is 0.0860. The fourth-order valence-corrected chi connectivity index (χ4v) is 6.19. The molecule has 0 radical (unpaired) electrons. The highest BCUT2D eigenvalue weighted by atomic mass is 127. The molecule has 6 heteroatoms. The second kappa shape index (κ2) is 8.67. The zero-order valence-corrected chi connectivity index (χ0v) is 20.3. The van der Waals surface area contributed by atoms with Crippen molar-refractivity contribution in [1.82, 2.24) is 0 Å². The first-order chi connectivity index (χ1) is 14.9. The number of benzene rings is 3. The zero-order valence-electron chi connectivity index (χ0n) is 17.3. The first-order valence-corrected chi connectivity index (χ1v) is 12.9. The number of sulfone groups is 1. The van der Waals surface area contributed by atoms with Gasteiger partial charge in [0.15, 0.2) is 0 Å². The van der Waals surface area contributed by atoms with Gasteiger partial charge in [-0.3, -0.25) is 0 Å². The van der Waals surface area contributed by atoms with E-state index in [1.807, 2.05) is 73.7 Å². The average molecular weight is 546 g/mol. The Balaban J connectivity index is 1.88. The van der Waals surface area contributed by atoms with Crippen LogP contribution in [0.25, 0.3) is 5.76 Å². The summed E-state index contributed by atoms with van der Waals surface area (Å²) in [5.74, 6) is 1.11. The summed E-state index contributed by atoms with van der Waals surface area (Å²) in [6.07, 6.45) is 0.275. The van der Waals surface area contributed by atoms with Gasteiger partial charge in [0, 0.05) is 16.4 Å². The van der Waals surface area contributed by atoms with E-state index in [4.69, 9.17) is 9.47 Å². The molecule has 4 rings (SSSR count). The van der Waals surface area contributed by atoms with E-state index in [0.717, 1.165) is 11.1 Å². The van der Waals surface area contributed by atoms with Gasteiger partial charge in [0.25, 0.3) is 0 Å². The third-order valence-corrected chi connectivity index (χ3v) is 8.62. The maximum absolute atomic E-state index is 13.7. The molecule has 0 amide bonds. The smallest absolute Gasteiger partial charge is 0.206 e. The van der Waals surface area contributed by atoms with Gasteiger partial charge in [-0.25, -0.2) is 8.42 Å². The highest BCUT2D eigenvalue weighted by molar-refractivity contribution is 14.1. The summed E-state index contributed by atoms with van der Waals surface area (Å²) in [6, 6.07) is 24.1. The van der Waals surface area contributed by atoms with Crippen molar-refractivity contribution in [1.29, 1.82) is 0 Å². The lowest BCUT2D eigenvalue weighted by atomic mass is 9.93. The lowest BCUT2D eigenvalue weighted by Crippen LogP contribution is -2.28. The van der Waals surface area contributed by atoms with Crippen LogP contribution < -0.4 is 4.74 Å². The Morgan fingerprint density at radius 3 is 2.19 bits per heavy atom. The standard InChI is InChI=1S/C25H23IO4S/c1-18-8-14-22(15-9-18)31(27,28)23-16-25(17-26,20-6-4-3-5-7-20)30-24(23)19-10-12-21(29-2)13-11-19/h3-15H,16-17H2,1-2H3. The number of hydrogen-bond acceptors (Lipinski definition) is 4. The van der Waals surface area contributed by atoms with E-state index in [2.05, 4.69) is 22.6 Å². The Labute approximate surface area is 197 Å². The molecule has 0 fully saturated rings. The van der Waals surface area contributed by atoms with Crippen molar-refractivity contribution >= 4 is 38.2 Å². The maximum atomic E-state index is 13.7. The molecular formula is C25H23IO4S. The molecule has 1 atom stereocenters. The lowest BCUT2D eigenvalue weighted by Gasteiger charge is -2.28. The molecule has 1 unspecified atom stereocenters. The van der Waals surface area contributed by atoms with Crippen LogP contribution in [-0.4, -0.2) is 20.0 Å². The van der Waals surface area contributed by atoms with Crippen LogP contribution in [0.5, 0.6) is 5.75 Å². The van der Waals surface area contributed by atoms with Crippen molar-refractivity contribution in [2.45, 2.75) is 23.8 Å². The number of rotatable bonds is 6. The molecule has 160 valence electrons. The van der Waals surface area contributed by atoms with Crippen LogP contribution in [0.1, 0.15) is 23.1 Å². The Morgan fingerprint density at radius 1 is 0.968 bits per heavy atom. The summed E-state index contributed by atoms with van der Waals surface area (Å²) in [5, 5.41) is 0. The Hall–Kier alpha value is -2.32. The normalized spacial score (nSPS) is 18.7. The molecule has 4 nitrogen and oxygen atoms in total. The molecule has 0 saturated carbocycles. The van der Waals surface area contributed by atoms with Crippen LogP contribution in [0.2, 0.25) is 0 Å². The topological polar surface area (TPSA) is 52.6 Å². The highest BCUT2D eigenvalue weighted by Gasteiger charge is 2.46. The Bertz CT molecular complexity index is 1200. The summed E-state index contributed by atoms with van der Waals surface area (Å²) in [7, 11) is -2.14. The van der Waals surface area contributed by atoms with Gasteiger partial charge >= 0.3 is 0 Å². The zero-order chi connectivity index (χ0) is 22.1. The molecule has 3 aromatic carbocycles. The van der Waals surface area contributed by atoms with E-state index in [0.29, 0.717) is 26.4 Å². The maximum Gasteiger partial charge on any atom is 0.206 e. The van der Waals surface area contributed by atoms with Gasteiger partial charge in [0.2, 0.25) is 9.84 Å². The van der Waals surface area contributed by atoms with Crippen molar-refractivity contribution in [3.8, 4) is 5.75 Å². The van der Waals surface area contributed by atoms with E-state index in [1.54, 1.807) is 19.2 Å². The third kappa shape index (κ3) is 4.11. The SMILES string of the molecule is COc1ccc(C2=C(S(=O)(=O)c3ccc(C)cc3)CC(CI)(c3ccccc3)O2)cc1. The van der Waals surface area contributed by atoms with Crippen LogP contribution in [0.15, 0.2) is 88.7 Å². The second-order valence-electron chi connectivity index (χ2n) is 7.57. The Morgan fingerprint density at radius 2 is 1.61 bits per heavy atom. The molecule has 3 aromatic rings. The largest absolute Gasteiger partial charge is 0.497 e. The fourth-order valence-electron chi connectivity index (χ4n) is 3.72. The van der Waals surface area contributed by atoms with Crippen LogP contribution in [0.4, 0.5) is 0 Å². The number of methoxy groups -OCH3 is 1. The summed E-state index contributed by atoms with van der Waals surface area (Å²) in [4.78, 5) is 0.585. The van der Waals surface area contributed by atoms with Crippen molar-refractivity contribution in [2.75, 3.05) is 11.5 Å². The number of halogens is 1. The van der Waals surface area contributed by atoms with E-state index in [9.17, 15) is 8.42 Å². The molecular weight excluding hydrogens is 523 g/mol. The quantitative estimate of drug-likeness (QED) is 0.286. The van der Waals surface area contributed by atoms with Gasteiger partial charge in [-0.15, -0.1) is 0 Å². The van der Waals surface area contributed by atoms with Crippen molar-refractivity contribution in [2.24, 2.45) is 0 Å². The van der Waals surface area contributed by atoms with Crippen molar-refractivity contribution in [3.63, 3.8) is 0 Å².